The van der Waals surface area contributed by atoms with Gasteiger partial charge in [0.05, 0.1) is 12.1 Å². The Morgan fingerprint density at radius 2 is 2.31 bits per heavy atom. The fourth-order valence-corrected chi connectivity index (χ4v) is 1.36. The van der Waals surface area contributed by atoms with Crippen LogP contribution in [-0.4, -0.2) is 26.8 Å². The molecule has 0 radical (unpaired) electrons. The van der Waals surface area contributed by atoms with Gasteiger partial charge in [0.25, 0.3) is 0 Å². The molecule has 0 unspecified atom stereocenters. The maximum Gasteiger partial charge on any atom is 0.165 e. The number of tetrazole rings is 1. The minimum Gasteiger partial charge on any atom is -0.310 e. The lowest BCUT2D eigenvalue weighted by Crippen LogP contribution is -2.22. The number of hydrogen-bond acceptors (Lipinski definition) is 4. The lowest BCUT2D eigenvalue weighted by Gasteiger charge is -2.10. The van der Waals surface area contributed by atoms with Crippen LogP contribution < -0.4 is 5.32 Å². The molecule has 1 aliphatic rings. The molecular weight excluding hydrogens is 166 g/mol. The van der Waals surface area contributed by atoms with E-state index in [0.717, 1.165) is 18.9 Å². The number of nitrogens with zero attached hydrogens (tertiary/aromatic N) is 4. The van der Waals surface area contributed by atoms with Crippen molar-refractivity contribution >= 4 is 0 Å². The Balaban J connectivity index is 2.12. The molecular formula is C8H15N5. The van der Waals surface area contributed by atoms with Crippen LogP contribution in [0.3, 0.4) is 0 Å². The normalized spacial score (nSPS) is 18.9. The maximum atomic E-state index is 4.02. The standard InChI is InChI=1S/C8H15N5/c1-3-9-6-7-10-11-12-13(7)8(2)4-5-8/h9H,3-6H2,1-2H3. The Hall–Kier alpha value is -0.970. The molecule has 0 aromatic carbocycles. The molecule has 1 aliphatic carbocycles. The first kappa shape index (κ1) is 8.62. The molecule has 72 valence electrons. The molecule has 0 amide bonds. The third-order valence-electron chi connectivity index (χ3n) is 2.55. The van der Waals surface area contributed by atoms with E-state index in [-0.39, 0.29) is 5.54 Å². The molecule has 0 spiro atoms. The number of hydrogen-bond donors (Lipinski definition) is 1. The summed E-state index contributed by atoms with van der Waals surface area (Å²) in [6.45, 7) is 5.98. The molecule has 0 aliphatic heterocycles. The van der Waals surface area contributed by atoms with Crippen molar-refractivity contribution in [3.05, 3.63) is 5.82 Å². The van der Waals surface area contributed by atoms with E-state index in [4.69, 9.17) is 0 Å². The fourth-order valence-electron chi connectivity index (χ4n) is 1.36. The van der Waals surface area contributed by atoms with Gasteiger partial charge in [-0.3, -0.25) is 0 Å². The summed E-state index contributed by atoms with van der Waals surface area (Å²) in [5.41, 5.74) is 0.203. The molecule has 1 aromatic heterocycles. The zero-order valence-corrected chi connectivity index (χ0v) is 8.12. The van der Waals surface area contributed by atoms with Crippen LogP contribution in [0.2, 0.25) is 0 Å². The van der Waals surface area contributed by atoms with Crippen LogP contribution in [0.1, 0.15) is 32.5 Å². The van der Waals surface area contributed by atoms with Gasteiger partial charge in [0, 0.05) is 0 Å². The van der Waals surface area contributed by atoms with Crippen LogP contribution >= 0.6 is 0 Å². The first-order valence-corrected chi connectivity index (χ1v) is 4.75. The Kier molecular flexibility index (Phi) is 2.03. The van der Waals surface area contributed by atoms with Crippen molar-refractivity contribution in [1.82, 2.24) is 25.5 Å². The van der Waals surface area contributed by atoms with E-state index in [1.165, 1.54) is 12.8 Å². The topological polar surface area (TPSA) is 55.6 Å². The average molecular weight is 181 g/mol. The summed E-state index contributed by atoms with van der Waals surface area (Å²) in [6.07, 6.45) is 2.38. The van der Waals surface area contributed by atoms with Gasteiger partial charge in [0.15, 0.2) is 5.82 Å². The molecule has 5 nitrogen and oxygen atoms in total. The van der Waals surface area contributed by atoms with E-state index in [2.05, 4.69) is 34.7 Å². The van der Waals surface area contributed by atoms with Crippen molar-refractivity contribution in [2.75, 3.05) is 6.54 Å². The van der Waals surface area contributed by atoms with Gasteiger partial charge >= 0.3 is 0 Å². The number of aromatic nitrogens is 4. The summed E-state index contributed by atoms with van der Waals surface area (Å²) >= 11 is 0. The van der Waals surface area contributed by atoms with E-state index in [1.54, 1.807) is 0 Å². The molecule has 1 saturated carbocycles. The lowest BCUT2D eigenvalue weighted by molar-refractivity contribution is 0.433. The number of nitrogens with one attached hydrogen (secondary N) is 1. The van der Waals surface area contributed by atoms with Gasteiger partial charge in [-0.15, -0.1) is 5.10 Å². The first-order valence-electron chi connectivity index (χ1n) is 4.75. The molecule has 2 rings (SSSR count). The van der Waals surface area contributed by atoms with Crippen LogP contribution in [0.25, 0.3) is 0 Å². The minimum atomic E-state index is 0.203. The second kappa shape index (κ2) is 3.06. The highest BCUT2D eigenvalue weighted by Crippen LogP contribution is 2.42. The third kappa shape index (κ3) is 1.56. The van der Waals surface area contributed by atoms with Crippen molar-refractivity contribution in [2.24, 2.45) is 0 Å². The van der Waals surface area contributed by atoms with Gasteiger partial charge < -0.3 is 5.32 Å². The summed E-state index contributed by atoms with van der Waals surface area (Å²) < 4.78 is 1.95. The molecule has 0 bridgehead atoms. The minimum absolute atomic E-state index is 0.203. The summed E-state index contributed by atoms with van der Waals surface area (Å²) in [6, 6.07) is 0. The van der Waals surface area contributed by atoms with E-state index >= 15 is 0 Å². The van der Waals surface area contributed by atoms with Crippen molar-refractivity contribution < 1.29 is 0 Å². The highest BCUT2D eigenvalue weighted by atomic mass is 15.6. The van der Waals surface area contributed by atoms with Crippen molar-refractivity contribution in [3.63, 3.8) is 0 Å². The first-order chi connectivity index (χ1) is 6.26. The van der Waals surface area contributed by atoms with Crippen LogP contribution in [0.4, 0.5) is 0 Å². The van der Waals surface area contributed by atoms with E-state index in [1.807, 2.05) is 4.68 Å². The summed E-state index contributed by atoms with van der Waals surface area (Å²) in [7, 11) is 0. The third-order valence-corrected chi connectivity index (χ3v) is 2.55. The molecule has 1 aromatic rings. The highest BCUT2D eigenvalue weighted by Gasteiger charge is 2.42. The summed E-state index contributed by atoms with van der Waals surface area (Å²) in [5, 5.41) is 14.9. The quantitative estimate of drug-likeness (QED) is 0.725. The second-order valence-corrected chi connectivity index (χ2v) is 3.78. The second-order valence-electron chi connectivity index (χ2n) is 3.78. The molecule has 13 heavy (non-hydrogen) atoms. The van der Waals surface area contributed by atoms with Crippen LogP contribution in [0.5, 0.6) is 0 Å². The Morgan fingerprint density at radius 3 is 2.92 bits per heavy atom. The molecule has 1 heterocycles. The maximum absolute atomic E-state index is 4.02. The van der Waals surface area contributed by atoms with Crippen LogP contribution in [0, 0.1) is 0 Å². The van der Waals surface area contributed by atoms with Crippen molar-refractivity contribution in [2.45, 2.75) is 38.8 Å². The average Bonchev–Trinajstić information content (AvgIpc) is 2.69. The zero-order valence-electron chi connectivity index (χ0n) is 8.12. The number of rotatable bonds is 4. The monoisotopic (exact) mass is 181 g/mol. The lowest BCUT2D eigenvalue weighted by atomic mass is 10.3. The molecule has 0 saturated heterocycles. The summed E-state index contributed by atoms with van der Waals surface area (Å²) in [4.78, 5) is 0. The van der Waals surface area contributed by atoms with Gasteiger partial charge in [-0.2, -0.15) is 0 Å². The van der Waals surface area contributed by atoms with Crippen molar-refractivity contribution in [3.8, 4) is 0 Å². The highest BCUT2D eigenvalue weighted by molar-refractivity contribution is 4.99. The van der Waals surface area contributed by atoms with Gasteiger partial charge in [-0.1, -0.05) is 6.92 Å². The fraction of sp³-hybridized carbons (Fsp3) is 0.875. The molecule has 1 N–H and O–H groups in total. The zero-order chi connectivity index (χ0) is 9.31. The van der Waals surface area contributed by atoms with Gasteiger partial charge in [-0.25, -0.2) is 4.68 Å². The van der Waals surface area contributed by atoms with Crippen LogP contribution in [0.15, 0.2) is 0 Å². The van der Waals surface area contributed by atoms with E-state index < -0.39 is 0 Å². The molecule has 5 heteroatoms. The molecule has 0 atom stereocenters. The largest absolute Gasteiger partial charge is 0.310 e. The van der Waals surface area contributed by atoms with Crippen molar-refractivity contribution in [1.29, 1.82) is 0 Å². The Bertz CT molecular complexity index is 288. The van der Waals surface area contributed by atoms with Gasteiger partial charge in [-0.05, 0) is 36.7 Å². The van der Waals surface area contributed by atoms with E-state index in [9.17, 15) is 0 Å². The molecule has 1 fully saturated rings. The van der Waals surface area contributed by atoms with E-state index in [0.29, 0.717) is 0 Å². The predicted octanol–water partition coefficient (Wildman–Crippen LogP) is 0.292. The van der Waals surface area contributed by atoms with Gasteiger partial charge in [0.1, 0.15) is 0 Å². The van der Waals surface area contributed by atoms with Gasteiger partial charge in [0.2, 0.25) is 0 Å². The SMILES string of the molecule is CCNCc1nnnn1C1(C)CC1. The Morgan fingerprint density at radius 1 is 1.54 bits per heavy atom. The summed E-state index contributed by atoms with van der Waals surface area (Å²) in [5.74, 6) is 0.946. The van der Waals surface area contributed by atoms with Crippen LogP contribution in [-0.2, 0) is 12.1 Å². The predicted molar refractivity (Wildman–Crippen MR) is 48.1 cm³/mol. The smallest absolute Gasteiger partial charge is 0.165 e. The Labute approximate surface area is 77.5 Å².